The lowest BCUT2D eigenvalue weighted by molar-refractivity contribution is -0.870. The van der Waals surface area contributed by atoms with Gasteiger partial charge < -0.3 is 23.4 Å². The van der Waals surface area contributed by atoms with Crippen LogP contribution in [0.1, 0.15) is 155 Å². The first-order chi connectivity index (χ1) is 16.6. The second kappa shape index (κ2) is 27.1. The van der Waals surface area contributed by atoms with Crippen molar-refractivity contribution in [2.75, 3.05) is 34.3 Å². The predicted molar refractivity (Wildman–Crippen MR) is 149 cm³/mol. The van der Waals surface area contributed by atoms with Gasteiger partial charge in [-0.1, -0.05) is 136 Å². The molecule has 0 aliphatic rings. The summed E-state index contributed by atoms with van der Waals surface area (Å²) in [6.45, 7) is 5.80. The van der Waals surface area contributed by atoms with Crippen molar-refractivity contribution in [2.45, 2.75) is 155 Å². The minimum absolute atomic E-state index is 0.0381. The molecule has 0 spiro atoms. The van der Waals surface area contributed by atoms with Crippen LogP contribution in [0.4, 0.5) is 0 Å². The summed E-state index contributed by atoms with van der Waals surface area (Å²) in [7, 11) is 2.16. The highest BCUT2D eigenvalue weighted by molar-refractivity contribution is 7.43. The third-order valence-corrected chi connectivity index (χ3v) is 6.93. The number of nitrogens with zero attached hydrogens (tertiary/aromatic N) is 1. The molecule has 0 aliphatic carbocycles. The van der Waals surface area contributed by atoms with Gasteiger partial charge in [-0.3, -0.25) is 0 Å². The Hall–Kier alpha value is 0.0700. The van der Waals surface area contributed by atoms with Crippen LogP contribution < -0.4 is 9.79 Å². The van der Waals surface area contributed by atoms with Gasteiger partial charge in [0.15, 0.2) is 0 Å². The summed E-state index contributed by atoms with van der Waals surface area (Å²) >= 11 is 0. The minimum atomic E-state index is -4.73. The van der Waals surface area contributed by atoms with Gasteiger partial charge in [0.1, 0.15) is 0 Å². The van der Waals surface area contributed by atoms with Gasteiger partial charge in [-0.05, 0) is 19.3 Å². The summed E-state index contributed by atoms with van der Waals surface area (Å²) in [6.07, 6.45) is 29.6. The summed E-state index contributed by atoms with van der Waals surface area (Å²) in [5.74, 6) is 0. The molecule has 0 aliphatic heterocycles. The number of hydrogen-bond acceptors (Lipinski definition) is 4. The van der Waals surface area contributed by atoms with Crippen LogP contribution in [0.5, 0.6) is 0 Å². The van der Waals surface area contributed by atoms with Gasteiger partial charge in [0.05, 0.1) is 42.1 Å². The average molecular weight is 521 g/mol. The van der Waals surface area contributed by atoms with Crippen molar-refractivity contribution >= 4 is 7.82 Å². The van der Waals surface area contributed by atoms with Crippen molar-refractivity contribution in [3.8, 4) is 0 Å². The topological polar surface area (TPSA) is 72.4 Å². The van der Waals surface area contributed by atoms with E-state index < -0.39 is 7.82 Å². The molecule has 0 aromatic carbocycles. The molecule has 0 saturated heterocycles. The predicted octanol–water partition coefficient (Wildman–Crippen LogP) is 8.15. The Kier molecular flexibility index (Phi) is 28.8. The van der Waals surface area contributed by atoms with Crippen molar-refractivity contribution in [1.29, 1.82) is 0 Å². The fourth-order valence-electron chi connectivity index (χ4n) is 4.19. The van der Waals surface area contributed by atoms with E-state index in [2.05, 4.69) is 39.5 Å². The molecule has 0 atom stereocenters. The summed E-state index contributed by atoms with van der Waals surface area (Å²) in [4.78, 5) is 20.0. The van der Waals surface area contributed by atoms with E-state index >= 15 is 0 Å². The number of hydrogen-bond donors (Lipinski definition) is 0. The van der Waals surface area contributed by atoms with E-state index in [-0.39, 0.29) is 6.61 Å². The summed E-state index contributed by atoms with van der Waals surface area (Å²) in [5, 5.41) is 0. The van der Waals surface area contributed by atoms with Gasteiger partial charge in [-0.2, -0.15) is 0 Å². The first kappa shape index (κ1) is 37.2. The molecule has 0 aromatic heterocycles. The average Bonchev–Trinajstić information content (AvgIpc) is 2.77. The number of phosphoric ester groups is 1. The van der Waals surface area contributed by atoms with Gasteiger partial charge >= 0.3 is 0 Å². The number of phosphoric acid groups is 1. The Morgan fingerprint density at radius 2 is 0.800 bits per heavy atom. The van der Waals surface area contributed by atoms with E-state index in [1.165, 1.54) is 129 Å². The Bertz CT molecular complexity index is 448. The van der Waals surface area contributed by atoms with E-state index in [4.69, 9.17) is 0 Å². The van der Waals surface area contributed by atoms with E-state index in [0.717, 1.165) is 17.3 Å². The molecule has 0 amide bonds. The van der Waals surface area contributed by atoms with Crippen molar-refractivity contribution in [2.24, 2.45) is 0 Å². The Labute approximate surface area is 220 Å². The van der Waals surface area contributed by atoms with Crippen LogP contribution >= 0.6 is 7.82 Å². The maximum absolute atomic E-state index is 10.0. The van der Waals surface area contributed by atoms with E-state index in [1.807, 2.05) is 0 Å². The van der Waals surface area contributed by atoms with Crippen LogP contribution in [0.25, 0.3) is 0 Å². The highest BCUT2D eigenvalue weighted by atomic mass is 31.2. The third kappa shape index (κ3) is 41.5. The summed E-state index contributed by atoms with van der Waals surface area (Å²) < 4.78 is 15.2. The van der Waals surface area contributed by atoms with Crippen LogP contribution in [0.15, 0.2) is 0 Å². The molecular weight excluding hydrogens is 457 g/mol. The number of quaternary nitrogens is 1. The van der Waals surface area contributed by atoms with Gasteiger partial charge in [-0.25, -0.2) is 0 Å². The van der Waals surface area contributed by atoms with Gasteiger partial charge in [-0.15, -0.1) is 0 Å². The lowest BCUT2D eigenvalue weighted by Crippen LogP contribution is -2.35. The Balaban J connectivity index is 0. The lowest BCUT2D eigenvalue weighted by Gasteiger charge is -2.28. The highest BCUT2D eigenvalue weighted by Gasteiger charge is 2.05. The van der Waals surface area contributed by atoms with Crippen LogP contribution in [-0.4, -0.2) is 38.8 Å². The Morgan fingerprint density at radius 3 is 1.09 bits per heavy atom. The molecule has 5 nitrogen and oxygen atoms in total. The first-order valence-corrected chi connectivity index (χ1v) is 16.6. The largest absolute Gasteiger partial charge is 0.790 e. The molecule has 0 fully saturated rings. The number of unbranched alkanes of at least 4 members (excludes halogenated alkanes) is 20. The van der Waals surface area contributed by atoms with Gasteiger partial charge in [0, 0.05) is 0 Å². The summed E-state index contributed by atoms with van der Waals surface area (Å²) in [6, 6.07) is 0. The van der Waals surface area contributed by atoms with E-state index in [9.17, 15) is 14.4 Å². The normalized spacial score (nSPS) is 12.0. The van der Waals surface area contributed by atoms with Crippen LogP contribution in [-0.2, 0) is 9.09 Å². The second-order valence-electron chi connectivity index (χ2n) is 11.4. The molecule has 0 radical (unpaired) electrons. The Morgan fingerprint density at radius 1 is 0.514 bits per heavy atom. The van der Waals surface area contributed by atoms with E-state index in [1.54, 1.807) is 0 Å². The standard InChI is InChI=1S/C21H46N.C8H19O4P/c1-5-6-7-8-9-10-11-12-13-14-15-16-17-18-19-20-21-22(2,3)4;1-2-3-4-5-6-7-8-12-13(9,10)11/h5-21H2,1-4H3;2-8H2,1H3,(H2,9,10,11)/q+1;/p-2. The zero-order valence-corrected chi connectivity index (χ0v) is 25.4. The molecule has 0 rings (SSSR count). The molecule has 214 valence electrons. The molecular formula is C29H63NO4P-. The third-order valence-electron chi connectivity index (χ3n) is 6.43. The zero-order chi connectivity index (χ0) is 26.7. The molecule has 6 heteroatoms. The maximum atomic E-state index is 10.0. The SMILES string of the molecule is CCCCCCCCCCCCCCCCCC[N+](C)(C)C.CCCCCCCCOP(=O)([O-])[O-]. The molecule has 0 heterocycles. The molecule has 0 saturated carbocycles. The van der Waals surface area contributed by atoms with Crippen molar-refractivity contribution < 1.29 is 23.4 Å². The smallest absolute Gasteiger partial charge is 0.0780 e. The maximum Gasteiger partial charge on any atom is 0.0780 e. The van der Waals surface area contributed by atoms with Gasteiger partial charge in [0.2, 0.25) is 0 Å². The zero-order valence-electron chi connectivity index (χ0n) is 24.5. The van der Waals surface area contributed by atoms with Crippen LogP contribution in [0, 0.1) is 0 Å². The molecule has 0 aromatic rings. The van der Waals surface area contributed by atoms with Crippen molar-refractivity contribution in [1.82, 2.24) is 0 Å². The molecule has 35 heavy (non-hydrogen) atoms. The van der Waals surface area contributed by atoms with E-state index in [0.29, 0.717) is 6.42 Å². The second-order valence-corrected chi connectivity index (χ2v) is 12.5. The first-order valence-electron chi connectivity index (χ1n) is 15.1. The van der Waals surface area contributed by atoms with Gasteiger partial charge in [0.25, 0.3) is 0 Å². The van der Waals surface area contributed by atoms with Crippen molar-refractivity contribution in [3.63, 3.8) is 0 Å². The summed E-state index contributed by atoms with van der Waals surface area (Å²) in [5.41, 5.74) is 0. The van der Waals surface area contributed by atoms with Crippen LogP contribution in [0.2, 0.25) is 0 Å². The number of rotatable bonds is 25. The van der Waals surface area contributed by atoms with Crippen LogP contribution in [0.3, 0.4) is 0 Å². The molecule has 0 N–H and O–H groups in total. The fourth-order valence-corrected chi connectivity index (χ4v) is 4.55. The molecule has 0 bridgehead atoms. The highest BCUT2D eigenvalue weighted by Crippen LogP contribution is 2.24. The minimum Gasteiger partial charge on any atom is -0.790 e. The monoisotopic (exact) mass is 520 g/mol. The molecule has 0 unspecified atom stereocenters. The van der Waals surface area contributed by atoms with Crippen molar-refractivity contribution in [3.05, 3.63) is 0 Å². The lowest BCUT2D eigenvalue weighted by atomic mass is 10.0. The fraction of sp³-hybridized carbons (Fsp3) is 1.00. The quantitative estimate of drug-likeness (QED) is 0.0691.